The maximum atomic E-state index is 13.0. The summed E-state index contributed by atoms with van der Waals surface area (Å²) in [6.45, 7) is 2.19. The van der Waals surface area contributed by atoms with Crippen molar-refractivity contribution in [1.29, 1.82) is 0 Å². The minimum atomic E-state index is -0.316. The fourth-order valence-electron chi connectivity index (χ4n) is 1.76. The van der Waals surface area contributed by atoms with Crippen LogP contribution in [0.25, 0.3) is 11.0 Å². The molecule has 0 amide bonds. The molecule has 98 valence electrons. The number of anilines is 1. The lowest BCUT2D eigenvalue weighted by molar-refractivity contribution is 0.0671. The molecular weight excluding hydrogens is 237 g/mol. The third-order valence-corrected chi connectivity index (χ3v) is 2.63. The van der Waals surface area contributed by atoms with Crippen LogP contribution in [-0.2, 0) is 16.0 Å². The number of hydrogen-bond donors (Lipinski definition) is 1. The van der Waals surface area contributed by atoms with Gasteiger partial charge in [-0.2, -0.15) is 0 Å². The van der Waals surface area contributed by atoms with Crippen molar-refractivity contribution in [3.63, 3.8) is 0 Å². The van der Waals surface area contributed by atoms with Crippen LogP contribution >= 0.6 is 0 Å². The molecule has 0 saturated carbocycles. The SMILES string of the molecule is COCCOCCn1c(N)nc2cc(F)ccc21. The monoisotopic (exact) mass is 253 g/mol. The minimum Gasteiger partial charge on any atom is -0.382 e. The first kappa shape index (κ1) is 12.8. The Kier molecular flexibility index (Phi) is 4.11. The second kappa shape index (κ2) is 5.79. The highest BCUT2D eigenvalue weighted by atomic mass is 19.1. The van der Waals surface area contributed by atoms with Crippen LogP contribution in [0.3, 0.4) is 0 Å². The Balaban J connectivity index is 2.05. The normalized spacial score (nSPS) is 11.2. The number of benzene rings is 1. The number of nitrogens with two attached hydrogens (primary N) is 1. The predicted molar refractivity (Wildman–Crippen MR) is 66.8 cm³/mol. The van der Waals surface area contributed by atoms with E-state index >= 15 is 0 Å². The summed E-state index contributed by atoms with van der Waals surface area (Å²) in [5, 5.41) is 0. The van der Waals surface area contributed by atoms with Gasteiger partial charge in [-0.15, -0.1) is 0 Å². The van der Waals surface area contributed by atoms with E-state index in [1.165, 1.54) is 12.1 Å². The molecule has 0 atom stereocenters. The van der Waals surface area contributed by atoms with Crippen molar-refractivity contribution in [1.82, 2.24) is 9.55 Å². The topological polar surface area (TPSA) is 62.3 Å². The third-order valence-electron chi connectivity index (χ3n) is 2.63. The van der Waals surface area contributed by atoms with E-state index in [1.54, 1.807) is 13.2 Å². The Labute approximate surface area is 104 Å². The lowest BCUT2D eigenvalue weighted by Crippen LogP contribution is -2.11. The highest BCUT2D eigenvalue weighted by molar-refractivity contribution is 5.78. The first-order chi connectivity index (χ1) is 8.72. The lowest BCUT2D eigenvalue weighted by Gasteiger charge is -2.07. The molecule has 0 unspecified atom stereocenters. The van der Waals surface area contributed by atoms with Crippen molar-refractivity contribution < 1.29 is 13.9 Å². The maximum Gasteiger partial charge on any atom is 0.201 e. The van der Waals surface area contributed by atoms with Crippen molar-refractivity contribution in [3.05, 3.63) is 24.0 Å². The highest BCUT2D eigenvalue weighted by Crippen LogP contribution is 2.18. The van der Waals surface area contributed by atoms with Crippen molar-refractivity contribution >= 4 is 17.0 Å². The van der Waals surface area contributed by atoms with Crippen molar-refractivity contribution in [2.75, 3.05) is 32.7 Å². The highest BCUT2D eigenvalue weighted by Gasteiger charge is 2.08. The average molecular weight is 253 g/mol. The van der Waals surface area contributed by atoms with Crippen LogP contribution in [0.15, 0.2) is 18.2 Å². The quantitative estimate of drug-likeness (QED) is 0.791. The zero-order valence-electron chi connectivity index (χ0n) is 10.2. The molecule has 2 aromatic rings. The molecule has 0 bridgehead atoms. The summed E-state index contributed by atoms with van der Waals surface area (Å²) in [6.07, 6.45) is 0. The lowest BCUT2D eigenvalue weighted by atomic mass is 10.3. The molecule has 1 aromatic heterocycles. The van der Waals surface area contributed by atoms with E-state index in [9.17, 15) is 4.39 Å². The summed E-state index contributed by atoms with van der Waals surface area (Å²) in [6, 6.07) is 4.43. The van der Waals surface area contributed by atoms with Crippen LogP contribution < -0.4 is 5.73 Å². The summed E-state index contributed by atoms with van der Waals surface area (Å²) < 4.78 is 25.1. The molecule has 1 heterocycles. The number of imidazole rings is 1. The number of aromatic nitrogens is 2. The van der Waals surface area contributed by atoms with Crippen LogP contribution in [0.2, 0.25) is 0 Å². The number of nitrogen functional groups attached to an aromatic ring is 1. The van der Waals surface area contributed by atoms with Crippen LogP contribution in [-0.4, -0.2) is 36.5 Å². The fourth-order valence-corrected chi connectivity index (χ4v) is 1.76. The van der Waals surface area contributed by atoms with Gasteiger partial charge in [0.25, 0.3) is 0 Å². The second-order valence-corrected chi connectivity index (χ2v) is 3.86. The van der Waals surface area contributed by atoms with Crippen molar-refractivity contribution in [2.45, 2.75) is 6.54 Å². The van der Waals surface area contributed by atoms with E-state index in [0.717, 1.165) is 5.52 Å². The van der Waals surface area contributed by atoms with Gasteiger partial charge >= 0.3 is 0 Å². The van der Waals surface area contributed by atoms with E-state index in [-0.39, 0.29) is 5.82 Å². The molecule has 0 aliphatic carbocycles. The minimum absolute atomic E-state index is 0.316. The van der Waals surface area contributed by atoms with Gasteiger partial charge in [0, 0.05) is 19.7 Å². The Morgan fingerprint density at radius 1 is 1.33 bits per heavy atom. The molecule has 5 nitrogen and oxygen atoms in total. The van der Waals surface area contributed by atoms with E-state index in [4.69, 9.17) is 15.2 Å². The number of halogens is 1. The van der Waals surface area contributed by atoms with Gasteiger partial charge in [-0.05, 0) is 12.1 Å². The molecule has 1 aromatic carbocycles. The Hall–Kier alpha value is -1.66. The summed E-state index contributed by atoms with van der Waals surface area (Å²) in [7, 11) is 1.62. The van der Waals surface area contributed by atoms with E-state index in [0.29, 0.717) is 37.8 Å². The number of fused-ring (bicyclic) bond motifs is 1. The smallest absolute Gasteiger partial charge is 0.201 e. The average Bonchev–Trinajstić information content (AvgIpc) is 2.64. The first-order valence-corrected chi connectivity index (χ1v) is 5.70. The third kappa shape index (κ3) is 2.77. The van der Waals surface area contributed by atoms with Crippen molar-refractivity contribution in [3.8, 4) is 0 Å². The zero-order chi connectivity index (χ0) is 13.0. The number of methoxy groups -OCH3 is 1. The predicted octanol–water partition coefficient (Wildman–Crippen LogP) is 1.42. The molecule has 2 rings (SSSR count). The van der Waals surface area contributed by atoms with E-state index in [2.05, 4.69) is 4.98 Å². The van der Waals surface area contributed by atoms with Crippen LogP contribution in [0.5, 0.6) is 0 Å². The largest absolute Gasteiger partial charge is 0.382 e. The van der Waals surface area contributed by atoms with E-state index < -0.39 is 0 Å². The van der Waals surface area contributed by atoms with Gasteiger partial charge in [-0.1, -0.05) is 0 Å². The molecule has 18 heavy (non-hydrogen) atoms. The summed E-state index contributed by atoms with van der Waals surface area (Å²) in [5.41, 5.74) is 7.16. The summed E-state index contributed by atoms with van der Waals surface area (Å²) in [5.74, 6) is 0.0504. The van der Waals surface area contributed by atoms with Gasteiger partial charge in [0.1, 0.15) is 5.82 Å². The summed E-state index contributed by atoms with van der Waals surface area (Å²) in [4.78, 5) is 4.11. The van der Waals surface area contributed by atoms with Gasteiger partial charge in [0.05, 0.1) is 30.9 Å². The molecule has 0 saturated heterocycles. The number of nitrogens with zero attached hydrogens (tertiary/aromatic N) is 2. The molecule has 0 radical (unpaired) electrons. The van der Waals surface area contributed by atoms with Gasteiger partial charge in [-0.3, -0.25) is 0 Å². The Morgan fingerprint density at radius 2 is 2.17 bits per heavy atom. The van der Waals surface area contributed by atoms with Gasteiger partial charge in [-0.25, -0.2) is 9.37 Å². The Morgan fingerprint density at radius 3 is 2.94 bits per heavy atom. The molecule has 2 N–H and O–H groups in total. The number of rotatable bonds is 6. The Bertz CT molecular complexity index is 527. The molecule has 0 aliphatic heterocycles. The van der Waals surface area contributed by atoms with Crippen LogP contribution in [0.4, 0.5) is 10.3 Å². The van der Waals surface area contributed by atoms with Crippen molar-refractivity contribution in [2.24, 2.45) is 0 Å². The van der Waals surface area contributed by atoms with Gasteiger partial charge in [0.15, 0.2) is 0 Å². The second-order valence-electron chi connectivity index (χ2n) is 3.86. The zero-order valence-corrected chi connectivity index (χ0v) is 10.2. The van der Waals surface area contributed by atoms with E-state index in [1.807, 2.05) is 4.57 Å². The van der Waals surface area contributed by atoms with Crippen LogP contribution in [0, 0.1) is 5.82 Å². The molecular formula is C12H16FN3O2. The fraction of sp³-hybridized carbons (Fsp3) is 0.417. The standard InChI is InChI=1S/C12H16FN3O2/c1-17-6-7-18-5-4-16-11-3-2-9(13)8-10(11)15-12(16)14/h2-3,8H,4-7H2,1H3,(H2,14,15). The van der Waals surface area contributed by atoms with Gasteiger partial charge in [0.2, 0.25) is 5.95 Å². The van der Waals surface area contributed by atoms with Crippen LogP contribution in [0.1, 0.15) is 0 Å². The number of ether oxygens (including phenoxy) is 2. The molecule has 6 heteroatoms. The molecule has 0 aliphatic rings. The maximum absolute atomic E-state index is 13.0. The first-order valence-electron chi connectivity index (χ1n) is 5.70. The molecule has 0 spiro atoms. The summed E-state index contributed by atoms with van der Waals surface area (Å²) >= 11 is 0. The molecule has 0 fully saturated rings. The van der Waals surface area contributed by atoms with Gasteiger partial charge < -0.3 is 19.8 Å². The number of hydrogen-bond acceptors (Lipinski definition) is 4.